The van der Waals surface area contributed by atoms with E-state index in [1.165, 1.54) is 0 Å². The summed E-state index contributed by atoms with van der Waals surface area (Å²) in [5, 5.41) is 7.93. The van der Waals surface area contributed by atoms with Crippen LogP contribution in [0.5, 0.6) is 0 Å². The van der Waals surface area contributed by atoms with Crippen LogP contribution >= 0.6 is 0 Å². The molecule has 130 valence electrons. The van der Waals surface area contributed by atoms with E-state index >= 15 is 0 Å². The first-order valence-corrected chi connectivity index (χ1v) is 8.41. The molecule has 0 aliphatic rings. The summed E-state index contributed by atoms with van der Waals surface area (Å²) in [5.74, 6) is -5.34. The zero-order chi connectivity index (χ0) is 16.1. The predicted molar refractivity (Wildman–Crippen MR) is 67.8 cm³/mol. The van der Waals surface area contributed by atoms with Gasteiger partial charge in [-0.2, -0.15) is 26.3 Å². The van der Waals surface area contributed by atoms with Gasteiger partial charge in [-0.15, -0.1) is 12.3 Å². The van der Waals surface area contributed by atoms with Crippen LogP contribution in [0.1, 0.15) is 0 Å². The van der Waals surface area contributed by atoms with Gasteiger partial charge in [-0.1, -0.05) is 19.6 Å². The van der Waals surface area contributed by atoms with Crippen LogP contribution in [-0.2, 0) is 21.9 Å². The number of carbonyl (C=O) groups excluding carboxylic acids is 1. The van der Waals surface area contributed by atoms with Gasteiger partial charge in [0.05, 0.1) is 8.07 Å². The Hall–Kier alpha value is -0.734. The first kappa shape index (κ1) is 28.4. The molecule has 0 aromatic rings. The maximum absolute atomic E-state index is 11.4. The Morgan fingerprint density at radius 2 is 1.33 bits per heavy atom. The number of aliphatic hydroxyl groups is 1. The number of rotatable bonds is 2. The Bertz CT molecular complexity index is 355. The number of halogens is 6. The Morgan fingerprint density at radius 1 is 1.05 bits per heavy atom. The molecular formula is C11H17CuF6O2Si. The molecule has 0 unspecified atom stereocenters. The fourth-order valence-electron chi connectivity index (χ4n) is 0.288. The van der Waals surface area contributed by atoms with Crippen molar-refractivity contribution < 1.29 is 53.3 Å². The van der Waals surface area contributed by atoms with Gasteiger partial charge in [-0.05, 0) is 0 Å². The smallest absolute Gasteiger partial charge is 0.504 e. The number of ketones is 1. The second kappa shape index (κ2) is 10.1. The van der Waals surface area contributed by atoms with E-state index in [-0.39, 0.29) is 24.5 Å². The zero-order valence-corrected chi connectivity index (χ0v) is 13.7. The minimum absolute atomic E-state index is 0. The van der Waals surface area contributed by atoms with Crippen LogP contribution in [0, 0.1) is 7.43 Å². The minimum atomic E-state index is -5.42. The molecule has 0 radical (unpaired) electrons. The molecule has 0 bridgehead atoms. The average molecular weight is 387 g/mol. The third-order valence-corrected chi connectivity index (χ3v) is 2.67. The molecule has 0 atom stereocenters. The van der Waals surface area contributed by atoms with E-state index in [1.54, 1.807) is 0 Å². The second-order valence-electron chi connectivity index (χ2n) is 4.46. The molecule has 0 aliphatic carbocycles. The molecule has 0 saturated carbocycles. The second-order valence-corrected chi connectivity index (χ2v) is 9.60. The fourth-order valence-corrected chi connectivity index (χ4v) is 0.288. The minimum Gasteiger partial charge on any atom is -0.504 e. The first-order chi connectivity index (χ1) is 8.11. The summed E-state index contributed by atoms with van der Waals surface area (Å²) in [7, 11) is -0.867. The van der Waals surface area contributed by atoms with Gasteiger partial charge in [0.15, 0.2) is 0 Å². The Balaban J connectivity index is -0.000000156. The molecule has 0 saturated heterocycles. The van der Waals surface area contributed by atoms with Gasteiger partial charge in [0.2, 0.25) is 5.76 Å². The van der Waals surface area contributed by atoms with Crippen LogP contribution in [0.25, 0.3) is 0 Å². The zero-order valence-electron chi connectivity index (χ0n) is 11.8. The largest absolute Gasteiger partial charge is 1.00 e. The summed E-state index contributed by atoms with van der Waals surface area (Å²) < 4.78 is 68.1. The number of carbonyl (C=O) groups is 1. The number of allylic oxidation sites excluding steroid dienone is 2. The van der Waals surface area contributed by atoms with Crippen molar-refractivity contribution in [3.05, 3.63) is 31.5 Å². The topological polar surface area (TPSA) is 37.3 Å². The van der Waals surface area contributed by atoms with Crippen LogP contribution in [0.4, 0.5) is 26.3 Å². The van der Waals surface area contributed by atoms with Crippen LogP contribution in [0.15, 0.2) is 24.1 Å². The molecule has 1 N–H and O–H groups in total. The van der Waals surface area contributed by atoms with Gasteiger partial charge >= 0.3 is 29.4 Å². The summed E-state index contributed by atoms with van der Waals surface area (Å²) in [4.78, 5) is 9.86. The van der Waals surface area contributed by atoms with Crippen LogP contribution in [-0.4, -0.2) is 31.3 Å². The Labute approximate surface area is 131 Å². The van der Waals surface area contributed by atoms with E-state index in [9.17, 15) is 31.1 Å². The van der Waals surface area contributed by atoms with Gasteiger partial charge in [-0.25, -0.2) is 0 Å². The molecule has 21 heavy (non-hydrogen) atoms. The van der Waals surface area contributed by atoms with Crippen molar-refractivity contribution in [1.82, 2.24) is 0 Å². The van der Waals surface area contributed by atoms with E-state index < -0.39 is 38.0 Å². The predicted octanol–water partition coefficient (Wildman–Crippen LogP) is 4.62. The Morgan fingerprint density at radius 3 is 1.48 bits per heavy atom. The molecule has 2 nitrogen and oxygen atoms in total. The number of hydrogen-bond donors (Lipinski definition) is 1. The quantitative estimate of drug-likeness (QED) is 0.247. The van der Waals surface area contributed by atoms with Crippen LogP contribution < -0.4 is 0 Å². The normalized spacial score (nSPS) is 12.1. The van der Waals surface area contributed by atoms with E-state index in [0.29, 0.717) is 0 Å². The van der Waals surface area contributed by atoms with E-state index in [1.807, 2.05) is 0 Å². The number of alkyl halides is 6. The van der Waals surface area contributed by atoms with Gasteiger partial charge in [-0.3, -0.25) is 4.79 Å². The van der Waals surface area contributed by atoms with Crippen molar-refractivity contribution in [3.63, 3.8) is 0 Å². The summed E-state index contributed by atoms with van der Waals surface area (Å²) in [6.07, 6.45) is -11.7. The van der Waals surface area contributed by atoms with E-state index in [4.69, 9.17) is 5.11 Å². The molecule has 0 heterocycles. The number of aliphatic hydroxyl groups excluding tert-OH is 1. The Kier molecular flexibility index (Phi) is 13.6. The van der Waals surface area contributed by atoms with Gasteiger partial charge in [0.25, 0.3) is 5.78 Å². The summed E-state index contributed by atoms with van der Waals surface area (Å²) >= 11 is 0. The molecule has 0 amide bonds. The van der Waals surface area contributed by atoms with Crippen molar-refractivity contribution in [2.45, 2.75) is 32.0 Å². The average Bonchev–Trinajstić information content (AvgIpc) is 2.14. The van der Waals surface area contributed by atoms with Crippen LogP contribution in [0.3, 0.4) is 0 Å². The van der Waals surface area contributed by atoms with E-state index in [2.05, 4.69) is 31.9 Å². The molecular weight excluding hydrogens is 370 g/mol. The molecule has 10 heteroatoms. The molecule has 0 spiro atoms. The first-order valence-electron chi connectivity index (χ1n) is 4.84. The maximum atomic E-state index is 11.4. The van der Waals surface area contributed by atoms with Gasteiger partial charge in [0.1, 0.15) is 0 Å². The summed E-state index contributed by atoms with van der Waals surface area (Å²) in [6.45, 7) is 10.5. The van der Waals surface area contributed by atoms with Crippen molar-refractivity contribution in [3.8, 4) is 0 Å². The SMILES string of the molecule is C=C[Si](C)(C)C.O=C(C=C(O)C(F)(F)F)C(F)(F)F.[CH3-].[Cu+]. The standard InChI is InChI=1S/C5H2F6O2.C5H12Si.CH3.Cu/c6-4(7,8)2(12)1-3(13)5(9,10)11;1-5-6(2,3)4;;/h1,12H;5H,1H2,2-4H3;1H3;/q;;-1;+1. The van der Waals surface area contributed by atoms with E-state index in [0.717, 1.165) is 0 Å². The molecule has 0 aromatic carbocycles. The van der Waals surface area contributed by atoms with Crippen molar-refractivity contribution in [2.75, 3.05) is 0 Å². The maximum Gasteiger partial charge on any atom is 1.00 e. The summed E-state index contributed by atoms with van der Waals surface area (Å²) in [5.41, 5.74) is 2.08. The molecule has 0 rings (SSSR count). The van der Waals surface area contributed by atoms with Crippen molar-refractivity contribution in [1.29, 1.82) is 0 Å². The third kappa shape index (κ3) is 17.2. The molecule has 0 aromatic heterocycles. The number of hydrogen-bond acceptors (Lipinski definition) is 2. The fraction of sp³-hybridized carbons (Fsp3) is 0.455. The van der Waals surface area contributed by atoms with Crippen LogP contribution in [0.2, 0.25) is 19.6 Å². The van der Waals surface area contributed by atoms with Gasteiger partial charge < -0.3 is 12.5 Å². The molecule has 0 aliphatic heterocycles. The summed E-state index contributed by atoms with van der Waals surface area (Å²) in [6, 6.07) is 0. The van der Waals surface area contributed by atoms with Crippen molar-refractivity contribution in [2.24, 2.45) is 0 Å². The van der Waals surface area contributed by atoms with Gasteiger partial charge in [0, 0.05) is 6.08 Å². The monoisotopic (exact) mass is 386 g/mol. The third-order valence-electron chi connectivity index (χ3n) is 1.45. The molecule has 0 fully saturated rings. The van der Waals surface area contributed by atoms with Crippen molar-refractivity contribution >= 4 is 13.9 Å².